The molecule has 1 heterocycles. The van der Waals surface area contributed by atoms with Crippen molar-refractivity contribution in [3.05, 3.63) is 34.9 Å². The molecule has 0 bridgehead atoms. The molecular weight excluding hydrogens is 324 g/mol. The lowest BCUT2D eigenvalue weighted by Crippen LogP contribution is -2.29. The molecule has 0 aliphatic heterocycles. The number of hydrogen-bond donors (Lipinski definition) is 2. The van der Waals surface area contributed by atoms with Crippen LogP contribution in [0.25, 0.3) is 10.4 Å². The van der Waals surface area contributed by atoms with Gasteiger partial charge < -0.3 is 15.8 Å². The Balaban J connectivity index is 2.37. The Morgan fingerprint density at radius 3 is 2.62 bits per heavy atom. The van der Waals surface area contributed by atoms with Crippen molar-refractivity contribution in [3.63, 3.8) is 0 Å². The van der Waals surface area contributed by atoms with E-state index in [-0.39, 0.29) is 11.3 Å². The number of thiophene rings is 1. The SMILES string of the molecule is COc1cccc2c1-c1sc(NC(C)=O)c(C(N)=O)c1C(C)(C)C2. The van der Waals surface area contributed by atoms with Crippen molar-refractivity contribution in [1.82, 2.24) is 0 Å². The highest BCUT2D eigenvalue weighted by Crippen LogP contribution is 2.53. The lowest BCUT2D eigenvalue weighted by molar-refractivity contribution is -0.114. The Hall–Kier alpha value is -2.34. The summed E-state index contributed by atoms with van der Waals surface area (Å²) in [7, 11) is 1.63. The van der Waals surface area contributed by atoms with Gasteiger partial charge in [-0.2, -0.15) is 0 Å². The molecule has 0 unspecified atom stereocenters. The number of benzene rings is 1. The summed E-state index contributed by atoms with van der Waals surface area (Å²) in [5, 5.41) is 3.26. The zero-order valence-corrected chi connectivity index (χ0v) is 15.0. The number of nitrogens with two attached hydrogens (primary N) is 1. The fourth-order valence-electron chi connectivity index (χ4n) is 3.45. The van der Waals surface area contributed by atoms with Crippen molar-refractivity contribution in [2.24, 2.45) is 5.73 Å². The number of anilines is 1. The Morgan fingerprint density at radius 1 is 1.33 bits per heavy atom. The maximum absolute atomic E-state index is 12.1. The Morgan fingerprint density at radius 2 is 2.04 bits per heavy atom. The van der Waals surface area contributed by atoms with Gasteiger partial charge in [0.1, 0.15) is 10.8 Å². The van der Waals surface area contributed by atoms with Crippen molar-refractivity contribution < 1.29 is 14.3 Å². The number of methoxy groups -OCH3 is 1. The van der Waals surface area contributed by atoms with E-state index in [0.717, 1.165) is 28.2 Å². The molecule has 24 heavy (non-hydrogen) atoms. The first-order valence-electron chi connectivity index (χ1n) is 7.67. The minimum Gasteiger partial charge on any atom is -0.496 e. The van der Waals surface area contributed by atoms with Crippen LogP contribution in [-0.4, -0.2) is 18.9 Å². The Labute approximate surface area is 144 Å². The number of nitrogens with one attached hydrogen (secondary N) is 1. The van der Waals surface area contributed by atoms with Crippen LogP contribution in [0.3, 0.4) is 0 Å². The maximum atomic E-state index is 12.1. The number of amides is 2. The molecule has 3 N–H and O–H groups in total. The minimum absolute atomic E-state index is 0.228. The van der Waals surface area contributed by atoms with E-state index in [0.29, 0.717) is 10.6 Å². The second-order valence-electron chi connectivity index (χ2n) is 6.61. The quantitative estimate of drug-likeness (QED) is 0.896. The molecule has 0 fully saturated rings. The zero-order chi connectivity index (χ0) is 17.6. The van der Waals surface area contributed by atoms with Crippen LogP contribution < -0.4 is 15.8 Å². The van der Waals surface area contributed by atoms with E-state index < -0.39 is 5.91 Å². The van der Waals surface area contributed by atoms with Crippen LogP contribution in [0, 0.1) is 0 Å². The molecule has 2 aromatic rings. The fraction of sp³-hybridized carbons (Fsp3) is 0.333. The lowest BCUT2D eigenvalue weighted by Gasteiger charge is -2.33. The first-order chi connectivity index (χ1) is 11.3. The van der Waals surface area contributed by atoms with Crippen molar-refractivity contribution >= 4 is 28.2 Å². The van der Waals surface area contributed by atoms with Gasteiger partial charge in [0.15, 0.2) is 0 Å². The minimum atomic E-state index is -0.525. The molecule has 1 aliphatic carbocycles. The first kappa shape index (κ1) is 16.5. The van der Waals surface area contributed by atoms with Gasteiger partial charge in [-0.25, -0.2) is 0 Å². The number of carbonyl (C=O) groups excluding carboxylic acids is 2. The highest BCUT2D eigenvalue weighted by molar-refractivity contribution is 7.20. The third-order valence-electron chi connectivity index (χ3n) is 4.31. The monoisotopic (exact) mass is 344 g/mol. The van der Waals surface area contributed by atoms with Gasteiger partial charge in [0.25, 0.3) is 5.91 Å². The van der Waals surface area contributed by atoms with E-state index in [1.165, 1.54) is 23.8 Å². The van der Waals surface area contributed by atoms with E-state index in [1.54, 1.807) is 7.11 Å². The van der Waals surface area contributed by atoms with Crippen LogP contribution >= 0.6 is 11.3 Å². The summed E-state index contributed by atoms with van der Waals surface area (Å²) in [5.41, 5.74) is 8.83. The van der Waals surface area contributed by atoms with E-state index in [9.17, 15) is 9.59 Å². The molecule has 0 spiro atoms. The van der Waals surface area contributed by atoms with Crippen LogP contribution in [-0.2, 0) is 16.6 Å². The number of ether oxygens (including phenoxy) is 1. The number of rotatable bonds is 3. The third kappa shape index (κ3) is 2.47. The summed E-state index contributed by atoms with van der Waals surface area (Å²) in [4.78, 5) is 24.6. The van der Waals surface area contributed by atoms with Gasteiger partial charge in [-0.05, 0) is 29.0 Å². The van der Waals surface area contributed by atoms with E-state index in [2.05, 4.69) is 25.2 Å². The number of primary amides is 1. The standard InChI is InChI=1S/C18H20N2O3S/c1-9(21)20-17-13(16(19)22)14-15(24-17)12-10(8-18(14,2)3)6-5-7-11(12)23-4/h5-7H,8H2,1-4H3,(H2,19,22)(H,20,21). The second kappa shape index (κ2) is 5.63. The Kier molecular flexibility index (Phi) is 3.87. The normalized spacial score (nSPS) is 14.5. The molecular formula is C18H20N2O3S. The smallest absolute Gasteiger partial charge is 0.252 e. The molecule has 1 aliphatic rings. The molecule has 0 radical (unpaired) electrons. The van der Waals surface area contributed by atoms with Gasteiger partial charge in [0.05, 0.1) is 12.7 Å². The van der Waals surface area contributed by atoms with Crippen LogP contribution in [0.4, 0.5) is 5.00 Å². The van der Waals surface area contributed by atoms with Crippen molar-refractivity contribution in [1.29, 1.82) is 0 Å². The molecule has 5 nitrogen and oxygen atoms in total. The average Bonchev–Trinajstić information content (AvgIpc) is 2.85. The fourth-order valence-corrected chi connectivity index (χ4v) is 4.97. The van der Waals surface area contributed by atoms with E-state index in [1.807, 2.05) is 12.1 Å². The zero-order valence-electron chi connectivity index (χ0n) is 14.1. The van der Waals surface area contributed by atoms with Gasteiger partial charge >= 0.3 is 0 Å². The molecule has 1 aromatic heterocycles. The van der Waals surface area contributed by atoms with E-state index in [4.69, 9.17) is 10.5 Å². The van der Waals surface area contributed by atoms with Crippen molar-refractivity contribution in [2.45, 2.75) is 32.6 Å². The lowest BCUT2D eigenvalue weighted by atomic mass is 9.71. The highest BCUT2D eigenvalue weighted by atomic mass is 32.1. The predicted octanol–water partition coefficient (Wildman–Crippen LogP) is 3.31. The molecule has 0 atom stereocenters. The number of fused-ring (bicyclic) bond motifs is 3. The summed E-state index contributed by atoms with van der Waals surface area (Å²) in [5.74, 6) is 0.00715. The largest absolute Gasteiger partial charge is 0.496 e. The summed E-state index contributed by atoms with van der Waals surface area (Å²) in [6, 6.07) is 5.95. The van der Waals surface area contributed by atoms with Crippen molar-refractivity contribution in [2.75, 3.05) is 12.4 Å². The second-order valence-corrected chi connectivity index (χ2v) is 7.63. The van der Waals surface area contributed by atoms with E-state index >= 15 is 0 Å². The molecule has 126 valence electrons. The number of hydrogen-bond acceptors (Lipinski definition) is 4. The molecule has 0 saturated heterocycles. The molecule has 2 amide bonds. The highest BCUT2D eigenvalue weighted by Gasteiger charge is 2.39. The molecule has 6 heteroatoms. The van der Waals surface area contributed by atoms with Crippen LogP contribution in [0.1, 0.15) is 42.3 Å². The summed E-state index contributed by atoms with van der Waals surface area (Å²) in [6.07, 6.45) is 0.767. The maximum Gasteiger partial charge on any atom is 0.252 e. The molecule has 0 saturated carbocycles. The average molecular weight is 344 g/mol. The van der Waals surface area contributed by atoms with Gasteiger partial charge in [-0.1, -0.05) is 26.0 Å². The van der Waals surface area contributed by atoms with Crippen molar-refractivity contribution in [3.8, 4) is 16.2 Å². The molecule has 3 rings (SSSR count). The third-order valence-corrected chi connectivity index (χ3v) is 5.44. The van der Waals surface area contributed by atoms with Gasteiger partial charge in [0, 0.05) is 17.4 Å². The van der Waals surface area contributed by atoms with Crippen LogP contribution in [0.2, 0.25) is 0 Å². The predicted molar refractivity (Wildman–Crippen MR) is 95.9 cm³/mol. The van der Waals surface area contributed by atoms with Crippen LogP contribution in [0.15, 0.2) is 18.2 Å². The summed E-state index contributed by atoms with van der Waals surface area (Å²) >= 11 is 1.38. The first-order valence-corrected chi connectivity index (χ1v) is 8.49. The molecule has 1 aromatic carbocycles. The number of carbonyl (C=O) groups is 2. The summed E-state index contributed by atoms with van der Waals surface area (Å²) in [6.45, 7) is 5.60. The summed E-state index contributed by atoms with van der Waals surface area (Å²) < 4.78 is 5.53. The topological polar surface area (TPSA) is 81.4 Å². The van der Waals surface area contributed by atoms with Crippen LogP contribution in [0.5, 0.6) is 5.75 Å². The Bertz CT molecular complexity index is 852. The van der Waals surface area contributed by atoms with Gasteiger partial charge in [-0.3, -0.25) is 9.59 Å². The van der Waals surface area contributed by atoms with Gasteiger partial charge in [-0.15, -0.1) is 11.3 Å². The van der Waals surface area contributed by atoms with Gasteiger partial charge in [0.2, 0.25) is 5.91 Å².